The van der Waals surface area contributed by atoms with Crippen LogP contribution in [0.4, 0.5) is 9.18 Å². The third-order valence-corrected chi connectivity index (χ3v) is 3.97. The number of aromatic nitrogens is 1. The molecular formula is C16H17FN4O2S. The van der Waals surface area contributed by atoms with Crippen molar-refractivity contribution < 1.29 is 14.0 Å². The number of thioether (sulfide) groups is 1. The molecule has 2 aromatic rings. The molecule has 8 heteroatoms. The molecule has 0 spiro atoms. The third kappa shape index (κ3) is 5.88. The Hall–Kier alpha value is -2.61. The van der Waals surface area contributed by atoms with Crippen molar-refractivity contribution >= 4 is 23.7 Å². The van der Waals surface area contributed by atoms with Crippen LogP contribution in [0.2, 0.25) is 0 Å². The maximum absolute atomic E-state index is 13.4. The molecule has 1 aromatic carbocycles. The fourth-order valence-corrected chi connectivity index (χ4v) is 2.61. The first-order valence-corrected chi connectivity index (χ1v) is 8.37. The van der Waals surface area contributed by atoms with Crippen molar-refractivity contribution in [1.82, 2.24) is 21.2 Å². The van der Waals surface area contributed by atoms with E-state index < -0.39 is 11.9 Å². The number of rotatable bonds is 6. The SMILES string of the molecule is O=C(NCCSCc1ccccc1F)NNC(=O)c1cccnc1. The molecule has 0 unspecified atom stereocenters. The first-order chi connectivity index (χ1) is 11.7. The number of carbonyl (C=O) groups is 2. The highest BCUT2D eigenvalue weighted by Crippen LogP contribution is 2.14. The molecule has 6 nitrogen and oxygen atoms in total. The second-order valence-corrected chi connectivity index (χ2v) is 5.83. The molecule has 0 saturated carbocycles. The van der Waals surface area contributed by atoms with E-state index in [1.54, 1.807) is 36.5 Å². The quantitative estimate of drug-likeness (QED) is 0.551. The van der Waals surface area contributed by atoms with E-state index in [2.05, 4.69) is 21.2 Å². The van der Waals surface area contributed by atoms with E-state index in [-0.39, 0.29) is 5.82 Å². The van der Waals surface area contributed by atoms with E-state index in [4.69, 9.17) is 0 Å². The van der Waals surface area contributed by atoms with Crippen LogP contribution in [-0.4, -0.2) is 29.2 Å². The molecule has 1 heterocycles. The summed E-state index contributed by atoms with van der Waals surface area (Å²) in [5.74, 6) is 0.479. The monoisotopic (exact) mass is 348 g/mol. The summed E-state index contributed by atoms with van der Waals surface area (Å²) >= 11 is 1.51. The molecule has 2 rings (SSSR count). The molecule has 0 radical (unpaired) electrons. The summed E-state index contributed by atoms with van der Waals surface area (Å²) in [5, 5.41) is 2.60. The van der Waals surface area contributed by atoms with Crippen LogP contribution in [-0.2, 0) is 5.75 Å². The Labute approximate surface area is 143 Å². The first kappa shape index (κ1) is 17.7. The smallest absolute Gasteiger partial charge is 0.333 e. The highest BCUT2D eigenvalue weighted by atomic mass is 32.2. The number of hydrazine groups is 1. The van der Waals surface area contributed by atoms with Crippen LogP contribution >= 0.6 is 11.8 Å². The molecule has 1 aromatic heterocycles. The van der Waals surface area contributed by atoms with Crippen LogP contribution < -0.4 is 16.2 Å². The highest BCUT2D eigenvalue weighted by molar-refractivity contribution is 7.98. The lowest BCUT2D eigenvalue weighted by Crippen LogP contribution is -2.47. The van der Waals surface area contributed by atoms with Gasteiger partial charge in [0.05, 0.1) is 5.56 Å². The van der Waals surface area contributed by atoms with Crippen molar-refractivity contribution in [2.45, 2.75) is 5.75 Å². The van der Waals surface area contributed by atoms with Crippen LogP contribution in [0.25, 0.3) is 0 Å². The van der Waals surface area contributed by atoms with Gasteiger partial charge < -0.3 is 5.32 Å². The number of amides is 3. The predicted molar refractivity (Wildman–Crippen MR) is 90.8 cm³/mol. The Morgan fingerprint density at radius 2 is 1.96 bits per heavy atom. The summed E-state index contributed by atoms with van der Waals surface area (Å²) in [6.45, 7) is 0.397. The highest BCUT2D eigenvalue weighted by Gasteiger charge is 2.06. The lowest BCUT2D eigenvalue weighted by molar-refractivity contribution is 0.0936. The summed E-state index contributed by atoms with van der Waals surface area (Å²) in [6, 6.07) is 9.29. The molecule has 0 fully saturated rings. The fraction of sp³-hybridized carbons (Fsp3) is 0.188. The van der Waals surface area contributed by atoms with Crippen LogP contribution in [0.5, 0.6) is 0 Å². The summed E-state index contributed by atoms with van der Waals surface area (Å²) in [4.78, 5) is 27.0. The summed E-state index contributed by atoms with van der Waals surface area (Å²) in [7, 11) is 0. The average molecular weight is 348 g/mol. The van der Waals surface area contributed by atoms with Gasteiger partial charge in [-0.15, -0.1) is 0 Å². The molecule has 0 atom stereocenters. The number of urea groups is 1. The number of halogens is 1. The van der Waals surface area contributed by atoms with Gasteiger partial charge in [0.1, 0.15) is 5.82 Å². The molecule has 0 saturated heterocycles. The van der Waals surface area contributed by atoms with Gasteiger partial charge in [-0.2, -0.15) is 11.8 Å². The Morgan fingerprint density at radius 3 is 2.71 bits per heavy atom. The minimum Gasteiger partial charge on any atom is -0.336 e. The van der Waals surface area contributed by atoms with Gasteiger partial charge >= 0.3 is 6.03 Å². The van der Waals surface area contributed by atoms with Gasteiger partial charge in [0.15, 0.2) is 0 Å². The van der Waals surface area contributed by atoms with E-state index in [1.165, 1.54) is 24.0 Å². The molecule has 0 aliphatic carbocycles. The van der Waals surface area contributed by atoms with Gasteiger partial charge in [0.2, 0.25) is 0 Å². The molecule has 126 valence electrons. The number of carbonyl (C=O) groups excluding carboxylic acids is 2. The number of benzene rings is 1. The number of hydrogen-bond donors (Lipinski definition) is 3. The molecule has 3 amide bonds. The van der Waals surface area contributed by atoms with Crippen molar-refractivity contribution in [2.75, 3.05) is 12.3 Å². The average Bonchev–Trinajstić information content (AvgIpc) is 2.61. The molecule has 24 heavy (non-hydrogen) atoms. The van der Waals surface area contributed by atoms with E-state index in [0.29, 0.717) is 29.2 Å². The molecule has 0 aliphatic rings. The maximum atomic E-state index is 13.4. The zero-order chi connectivity index (χ0) is 17.2. The number of nitrogens with one attached hydrogen (secondary N) is 3. The van der Waals surface area contributed by atoms with Crippen LogP contribution in [0, 0.1) is 5.82 Å². The van der Waals surface area contributed by atoms with E-state index in [0.717, 1.165) is 0 Å². The van der Waals surface area contributed by atoms with Gasteiger partial charge in [0.25, 0.3) is 5.91 Å². The lowest BCUT2D eigenvalue weighted by Gasteiger charge is -2.09. The van der Waals surface area contributed by atoms with Gasteiger partial charge in [-0.05, 0) is 23.8 Å². The van der Waals surface area contributed by atoms with Gasteiger partial charge in [-0.1, -0.05) is 18.2 Å². The van der Waals surface area contributed by atoms with Crippen LogP contribution in [0.1, 0.15) is 15.9 Å². The molecule has 3 N–H and O–H groups in total. The van der Waals surface area contributed by atoms with Crippen molar-refractivity contribution in [1.29, 1.82) is 0 Å². The molecular weight excluding hydrogens is 331 g/mol. The topological polar surface area (TPSA) is 83.1 Å². The summed E-state index contributed by atoms with van der Waals surface area (Å²) in [5.41, 5.74) is 5.51. The van der Waals surface area contributed by atoms with E-state index in [9.17, 15) is 14.0 Å². The van der Waals surface area contributed by atoms with E-state index in [1.807, 2.05) is 0 Å². The Bertz CT molecular complexity index is 685. The zero-order valence-corrected chi connectivity index (χ0v) is 13.6. The fourth-order valence-electron chi connectivity index (χ4n) is 1.76. The number of nitrogens with zero attached hydrogens (tertiary/aromatic N) is 1. The Kier molecular flexibility index (Phi) is 7.03. The number of pyridine rings is 1. The van der Waals surface area contributed by atoms with E-state index >= 15 is 0 Å². The van der Waals surface area contributed by atoms with Gasteiger partial charge in [0, 0.05) is 30.4 Å². The summed E-state index contributed by atoms with van der Waals surface area (Å²) in [6.07, 6.45) is 2.95. The Balaban J connectivity index is 1.58. The van der Waals surface area contributed by atoms with Crippen LogP contribution in [0.3, 0.4) is 0 Å². The van der Waals surface area contributed by atoms with Crippen molar-refractivity contribution in [3.63, 3.8) is 0 Å². The zero-order valence-electron chi connectivity index (χ0n) is 12.8. The second-order valence-electron chi connectivity index (χ2n) is 4.72. The van der Waals surface area contributed by atoms with Crippen LogP contribution in [0.15, 0.2) is 48.8 Å². The molecule has 0 bridgehead atoms. The molecule has 0 aliphatic heterocycles. The largest absolute Gasteiger partial charge is 0.336 e. The maximum Gasteiger partial charge on any atom is 0.333 e. The third-order valence-electron chi connectivity index (χ3n) is 2.96. The van der Waals surface area contributed by atoms with Gasteiger partial charge in [-0.3, -0.25) is 15.2 Å². The Morgan fingerprint density at radius 1 is 1.12 bits per heavy atom. The van der Waals surface area contributed by atoms with Crippen molar-refractivity contribution in [3.8, 4) is 0 Å². The second kappa shape index (κ2) is 9.51. The van der Waals surface area contributed by atoms with Crippen molar-refractivity contribution in [2.24, 2.45) is 0 Å². The number of hydrogen-bond acceptors (Lipinski definition) is 4. The van der Waals surface area contributed by atoms with Gasteiger partial charge in [-0.25, -0.2) is 14.6 Å². The minimum absolute atomic E-state index is 0.228. The minimum atomic E-state index is -0.515. The summed E-state index contributed by atoms with van der Waals surface area (Å²) < 4.78 is 13.4. The standard InChI is InChI=1S/C16H17FN4O2S/c17-14-6-2-1-4-13(14)11-24-9-8-19-16(23)21-20-15(22)12-5-3-7-18-10-12/h1-7,10H,8-9,11H2,(H,20,22)(H2,19,21,23). The normalized spacial score (nSPS) is 10.0. The first-order valence-electron chi connectivity index (χ1n) is 7.22. The lowest BCUT2D eigenvalue weighted by atomic mass is 10.2. The van der Waals surface area contributed by atoms with Crippen molar-refractivity contribution in [3.05, 3.63) is 65.7 Å². The predicted octanol–water partition coefficient (Wildman–Crippen LogP) is 2.10.